The first-order chi connectivity index (χ1) is 7.65. The Morgan fingerprint density at radius 2 is 2.25 bits per heavy atom. The maximum Gasteiger partial charge on any atom is 0.171 e. The Hall–Kier alpha value is -1.29. The van der Waals surface area contributed by atoms with E-state index in [1.807, 2.05) is 40.1 Å². The molecule has 0 aliphatic carbocycles. The highest BCUT2D eigenvalue weighted by Gasteiger charge is 2.10. The van der Waals surface area contributed by atoms with Crippen LogP contribution in [0.25, 0.3) is 0 Å². The number of rotatable bonds is 6. The van der Waals surface area contributed by atoms with Crippen LogP contribution in [-0.4, -0.2) is 38.3 Å². The third-order valence-corrected chi connectivity index (χ3v) is 2.17. The van der Waals surface area contributed by atoms with Crippen LogP contribution in [0.3, 0.4) is 0 Å². The quantitative estimate of drug-likeness (QED) is 0.793. The first kappa shape index (κ1) is 12.8. The lowest BCUT2D eigenvalue weighted by Crippen LogP contribution is -2.28. The minimum absolute atomic E-state index is 0.167. The number of nitrogens with one attached hydrogen (secondary N) is 1. The lowest BCUT2D eigenvalue weighted by atomic mass is 10.3. The number of anilines is 1. The van der Waals surface area contributed by atoms with E-state index in [4.69, 9.17) is 4.74 Å². The predicted molar refractivity (Wildman–Crippen MR) is 67.2 cm³/mol. The largest absolute Gasteiger partial charge is 0.487 e. The van der Waals surface area contributed by atoms with Gasteiger partial charge in [0.15, 0.2) is 11.6 Å². The molecule has 1 heterocycles. The highest BCUT2D eigenvalue weighted by molar-refractivity contribution is 5.51. The summed E-state index contributed by atoms with van der Waals surface area (Å²) in [7, 11) is 3.96. The Morgan fingerprint density at radius 1 is 1.50 bits per heavy atom. The third kappa shape index (κ3) is 3.70. The molecule has 0 spiro atoms. The van der Waals surface area contributed by atoms with Gasteiger partial charge in [-0.3, -0.25) is 0 Å². The first-order valence-corrected chi connectivity index (χ1v) is 5.62. The van der Waals surface area contributed by atoms with E-state index in [0.29, 0.717) is 0 Å². The summed E-state index contributed by atoms with van der Waals surface area (Å²) < 4.78 is 5.72. The summed E-state index contributed by atoms with van der Waals surface area (Å²) in [6.07, 6.45) is 1.96. The van der Waals surface area contributed by atoms with Gasteiger partial charge in [-0.2, -0.15) is 0 Å². The third-order valence-electron chi connectivity index (χ3n) is 2.17. The Bertz CT molecular complexity index is 315. The molecule has 16 heavy (non-hydrogen) atoms. The van der Waals surface area contributed by atoms with E-state index in [0.717, 1.165) is 24.7 Å². The molecule has 0 fully saturated rings. The molecule has 0 radical (unpaired) electrons. The maximum absolute atomic E-state index is 5.72. The molecule has 0 atom stereocenters. The van der Waals surface area contributed by atoms with Crippen LogP contribution >= 0.6 is 0 Å². The molecule has 0 aromatic carbocycles. The molecular formula is C12H21N3O. The van der Waals surface area contributed by atoms with Gasteiger partial charge in [-0.25, -0.2) is 4.98 Å². The fourth-order valence-corrected chi connectivity index (χ4v) is 1.40. The molecule has 0 aliphatic rings. The molecule has 1 N–H and O–H groups in total. The highest BCUT2D eigenvalue weighted by Crippen LogP contribution is 2.24. The second-order valence-corrected chi connectivity index (χ2v) is 4.02. The van der Waals surface area contributed by atoms with Crippen LogP contribution in [0.5, 0.6) is 5.75 Å². The topological polar surface area (TPSA) is 37.4 Å². The number of ether oxygens (including phenoxy) is 1. The van der Waals surface area contributed by atoms with Gasteiger partial charge in [0.2, 0.25) is 0 Å². The summed E-state index contributed by atoms with van der Waals surface area (Å²) in [6, 6.07) is 3.85. The number of aromatic nitrogens is 1. The number of likely N-dealkylation sites (N-methyl/N-ethyl adjacent to an activating group) is 2. The van der Waals surface area contributed by atoms with Crippen molar-refractivity contribution >= 4 is 5.82 Å². The molecule has 0 bridgehead atoms. The van der Waals surface area contributed by atoms with Gasteiger partial charge in [0, 0.05) is 26.3 Å². The van der Waals surface area contributed by atoms with Crippen LogP contribution in [0.15, 0.2) is 18.3 Å². The van der Waals surface area contributed by atoms with Gasteiger partial charge in [-0.15, -0.1) is 0 Å². The van der Waals surface area contributed by atoms with E-state index in [9.17, 15) is 0 Å². The van der Waals surface area contributed by atoms with Crippen molar-refractivity contribution in [2.75, 3.05) is 32.1 Å². The van der Waals surface area contributed by atoms with E-state index in [-0.39, 0.29) is 6.10 Å². The second kappa shape index (κ2) is 6.33. The zero-order valence-electron chi connectivity index (χ0n) is 10.5. The molecular weight excluding hydrogens is 202 g/mol. The summed E-state index contributed by atoms with van der Waals surface area (Å²) >= 11 is 0. The number of hydrogen-bond acceptors (Lipinski definition) is 4. The first-order valence-electron chi connectivity index (χ1n) is 5.62. The SMILES string of the molecule is CNCCN(C)c1ncccc1OC(C)C. The highest BCUT2D eigenvalue weighted by atomic mass is 16.5. The van der Waals surface area contributed by atoms with Gasteiger partial charge in [-0.05, 0) is 33.0 Å². The van der Waals surface area contributed by atoms with Crippen molar-refractivity contribution in [1.29, 1.82) is 0 Å². The molecule has 0 aliphatic heterocycles. The molecule has 0 saturated carbocycles. The standard InChI is InChI=1S/C12H21N3O/c1-10(2)16-11-6-5-7-14-12(11)15(4)9-8-13-3/h5-7,10,13H,8-9H2,1-4H3. The molecule has 1 aromatic heterocycles. The minimum atomic E-state index is 0.167. The minimum Gasteiger partial charge on any atom is -0.487 e. The Balaban J connectivity index is 2.76. The zero-order chi connectivity index (χ0) is 12.0. The molecule has 0 amide bonds. The van der Waals surface area contributed by atoms with Gasteiger partial charge in [-0.1, -0.05) is 0 Å². The van der Waals surface area contributed by atoms with E-state index >= 15 is 0 Å². The summed E-state index contributed by atoms with van der Waals surface area (Å²) in [5, 5.41) is 3.12. The molecule has 1 rings (SSSR count). The van der Waals surface area contributed by atoms with Crippen molar-refractivity contribution in [3.8, 4) is 5.75 Å². The van der Waals surface area contributed by atoms with E-state index < -0.39 is 0 Å². The van der Waals surface area contributed by atoms with Gasteiger partial charge < -0.3 is 15.0 Å². The van der Waals surface area contributed by atoms with Gasteiger partial charge in [0.1, 0.15) is 0 Å². The molecule has 0 unspecified atom stereocenters. The van der Waals surface area contributed by atoms with Crippen LogP contribution in [0.1, 0.15) is 13.8 Å². The number of nitrogens with zero attached hydrogens (tertiary/aromatic N) is 2. The average Bonchev–Trinajstić information content (AvgIpc) is 2.26. The van der Waals surface area contributed by atoms with Crippen molar-refractivity contribution in [2.45, 2.75) is 20.0 Å². The second-order valence-electron chi connectivity index (χ2n) is 4.02. The summed E-state index contributed by atoms with van der Waals surface area (Å²) in [4.78, 5) is 6.45. The Kier molecular flexibility index (Phi) is 5.05. The summed E-state index contributed by atoms with van der Waals surface area (Å²) in [5.41, 5.74) is 0. The van der Waals surface area contributed by atoms with Gasteiger partial charge >= 0.3 is 0 Å². The molecule has 90 valence electrons. The maximum atomic E-state index is 5.72. The lowest BCUT2D eigenvalue weighted by Gasteiger charge is -2.21. The molecule has 4 heteroatoms. The summed E-state index contributed by atoms with van der Waals surface area (Å²) in [5.74, 6) is 1.74. The van der Waals surface area contributed by atoms with Gasteiger partial charge in [0.25, 0.3) is 0 Å². The Labute approximate surface area is 97.6 Å². The van der Waals surface area contributed by atoms with Crippen LogP contribution in [-0.2, 0) is 0 Å². The van der Waals surface area contributed by atoms with Crippen molar-refractivity contribution in [3.63, 3.8) is 0 Å². The fourth-order valence-electron chi connectivity index (χ4n) is 1.40. The molecule has 0 saturated heterocycles. The van der Waals surface area contributed by atoms with Crippen molar-refractivity contribution in [1.82, 2.24) is 10.3 Å². The van der Waals surface area contributed by atoms with E-state index in [1.165, 1.54) is 0 Å². The van der Waals surface area contributed by atoms with E-state index in [1.54, 1.807) is 6.20 Å². The number of pyridine rings is 1. The van der Waals surface area contributed by atoms with Crippen LogP contribution < -0.4 is 15.0 Å². The predicted octanol–water partition coefficient (Wildman–Crippen LogP) is 1.52. The van der Waals surface area contributed by atoms with Crippen LogP contribution in [0.4, 0.5) is 5.82 Å². The molecule has 1 aromatic rings. The summed E-state index contributed by atoms with van der Waals surface area (Å²) in [6.45, 7) is 5.87. The van der Waals surface area contributed by atoms with Crippen molar-refractivity contribution in [3.05, 3.63) is 18.3 Å². The molecule has 4 nitrogen and oxygen atoms in total. The smallest absolute Gasteiger partial charge is 0.171 e. The van der Waals surface area contributed by atoms with Crippen LogP contribution in [0.2, 0.25) is 0 Å². The van der Waals surface area contributed by atoms with Gasteiger partial charge in [0.05, 0.1) is 6.10 Å². The fraction of sp³-hybridized carbons (Fsp3) is 0.583. The lowest BCUT2D eigenvalue weighted by molar-refractivity contribution is 0.242. The average molecular weight is 223 g/mol. The van der Waals surface area contributed by atoms with Crippen molar-refractivity contribution in [2.24, 2.45) is 0 Å². The zero-order valence-corrected chi connectivity index (χ0v) is 10.5. The Morgan fingerprint density at radius 3 is 2.88 bits per heavy atom. The number of hydrogen-bond donors (Lipinski definition) is 1. The monoisotopic (exact) mass is 223 g/mol. The van der Waals surface area contributed by atoms with E-state index in [2.05, 4.69) is 15.2 Å². The normalized spacial score (nSPS) is 10.6. The van der Waals surface area contributed by atoms with Crippen LogP contribution in [0, 0.1) is 0 Å². The van der Waals surface area contributed by atoms with Crippen molar-refractivity contribution < 1.29 is 4.74 Å².